The number of phenolic OH excluding ortho intramolecular Hbond substituents is 1. The molecule has 4 heteroatoms. The first-order valence-electron chi connectivity index (χ1n) is 4.27. The highest BCUT2D eigenvalue weighted by molar-refractivity contribution is 6.32. The molecule has 15 heavy (non-hydrogen) atoms. The fourth-order valence-electron chi connectivity index (χ4n) is 1.28. The highest BCUT2D eigenvalue weighted by Crippen LogP contribution is 2.30. The van der Waals surface area contributed by atoms with Crippen molar-refractivity contribution in [1.29, 1.82) is 0 Å². The van der Waals surface area contributed by atoms with Crippen molar-refractivity contribution in [1.82, 2.24) is 4.98 Å². The Morgan fingerprint density at radius 3 is 2.73 bits per heavy atom. The average Bonchev–Trinajstić information content (AvgIpc) is 2.23. The number of hydrogen-bond donors (Lipinski definition) is 1. The Morgan fingerprint density at radius 2 is 2.07 bits per heavy atom. The van der Waals surface area contributed by atoms with Crippen molar-refractivity contribution in [3.63, 3.8) is 0 Å². The molecule has 0 saturated carbocycles. The molecule has 1 aromatic heterocycles. The van der Waals surface area contributed by atoms with Crippen molar-refractivity contribution in [2.24, 2.45) is 0 Å². The maximum absolute atomic E-state index is 13.3. The molecule has 0 aliphatic heterocycles. The lowest BCUT2D eigenvalue weighted by molar-refractivity contribution is 0.475. The van der Waals surface area contributed by atoms with Crippen LogP contribution < -0.4 is 0 Å². The fourth-order valence-corrected chi connectivity index (χ4v) is 1.46. The molecule has 0 aliphatic carbocycles. The Morgan fingerprint density at radius 1 is 1.27 bits per heavy atom. The first-order valence-corrected chi connectivity index (χ1v) is 4.64. The lowest BCUT2D eigenvalue weighted by Gasteiger charge is -2.04. The third kappa shape index (κ3) is 1.92. The predicted octanol–water partition coefficient (Wildman–Crippen LogP) is 3.25. The monoisotopic (exact) mass is 223 g/mol. The summed E-state index contributed by atoms with van der Waals surface area (Å²) in [5.41, 5.74) is 1.02. The van der Waals surface area contributed by atoms with Gasteiger partial charge in [-0.2, -0.15) is 0 Å². The second-order valence-corrected chi connectivity index (χ2v) is 3.43. The van der Waals surface area contributed by atoms with Crippen molar-refractivity contribution in [2.45, 2.75) is 0 Å². The SMILES string of the molecule is Oc1ccc(-c2ccncc2F)cc1Cl. The largest absolute Gasteiger partial charge is 0.506 e. The van der Waals surface area contributed by atoms with E-state index in [4.69, 9.17) is 11.6 Å². The van der Waals surface area contributed by atoms with E-state index < -0.39 is 5.82 Å². The number of halogens is 2. The maximum Gasteiger partial charge on any atom is 0.149 e. The zero-order chi connectivity index (χ0) is 10.8. The van der Waals surface area contributed by atoms with Gasteiger partial charge in [0.05, 0.1) is 11.2 Å². The third-order valence-electron chi connectivity index (χ3n) is 2.03. The number of aromatic nitrogens is 1. The second kappa shape index (κ2) is 3.87. The summed E-state index contributed by atoms with van der Waals surface area (Å²) in [4.78, 5) is 3.65. The van der Waals surface area contributed by atoms with Crippen LogP contribution in [0, 0.1) is 5.82 Å². The normalized spacial score (nSPS) is 10.3. The summed E-state index contributed by atoms with van der Waals surface area (Å²) >= 11 is 5.73. The van der Waals surface area contributed by atoms with Gasteiger partial charge in [0.2, 0.25) is 0 Å². The Hall–Kier alpha value is -1.61. The number of nitrogens with zero attached hydrogens (tertiary/aromatic N) is 1. The van der Waals surface area contributed by atoms with Crippen LogP contribution in [0.3, 0.4) is 0 Å². The highest BCUT2D eigenvalue weighted by Gasteiger charge is 2.06. The molecule has 0 radical (unpaired) electrons. The van der Waals surface area contributed by atoms with Crippen molar-refractivity contribution >= 4 is 11.6 Å². The summed E-state index contributed by atoms with van der Waals surface area (Å²) in [6.07, 6.45) is 2.63. The van der Waals surface area contributed by atoms with E-state index >= 15 is 0 Å². The van der Waals surface area contributed by atoms with Crippen molar-refractivity contribution < 1.29 is 9.50 Å². The van der Waals surface area contributed by atoms with Crippen LogP contribution in [0.15, 0.2) is 36.7 Å². The highest BCUT2D eigenvalue weighted by atomic mass is 35.5. The van der Waals surface area contributed by atoms with Gasteiger partial charge in [0.15, 0.2) is 0 Å². The summed E-state index contributed by atoms with van der Waals surface area (Å²) in [5, 5.41) is 9.42. The minimum atomic E-state index is -0.417. The van der Waals surface area contributed by atoms with E-state index in [-0.39, 0.29) is 10.8 Å². The molecule has 1 aromatic carbocycles. The quantitative estimate of drug-likeness (QED) is 0.805. The maximum atomic E-state index is 13.3. The lowest BCUT2D eigenvalue weighted by atomic mass is 10.1. The fraction of sp³-hybridized carbons (Fsp3) is 0. The van der Waals surface area contributed by atoms with E-state index in [2.05, 4.69) is 4.98 Å². The smallest absolute Gasteiger partial charge is 0.149 e. The lowest BCUT2D eigenvalue weighted by Crippen LogP contribution is -1.85. The summed E-state index contributed by atoms with van der Waals surface area (Å²) in [6.45, 7) is 0. The topological polar surface area (TPSA) is 33.1 Å². The molecule has 2 aromatic rings. The number of pyridine rings is 1. The molecule has 0 unspecified atom stereocenters. The number of aromatic hydroxyl groups is 1. The average molecular weight is 224 g/mol. The molecule has 0 spiro atoms. The zero-order valence-corrected chi connectivity index (χ0v) is 8.37. The van der Waals surface area contributed by atoms with Crippen LogP contribution in [0.5, 0.6) is 5.75 Å². The van der Waals surface area contributed by atoms with E-state index in [0.29, 0.717) is 11.1 Å². The van der Waals surface area contributed by atoms with Gasteiger partial charge in [0, 0.05) is 11.8 Å². The van der Waals surface area contributed by atoms with Gasteiger partial charge in [0.25, 0.3) is 0 Å². The number of phenols is 1. The molecule has 0 atom stereocenters. The molecule has 2 rings (SSSR count). The van der Waals surface area contributed by atoms with Gasteiger partial charge in [-0.3, -0.25) is 4.98 Å². The minimum Gasteiger partial charge on any atom is -0.506 e. The minimum absolute atomic E-state index is 0.0186. The number of rotatable bonds is 1. The van der Waals surface area contributed by atoms with Gasteiger partial charge < -0.3 is 5.11 Å². The van der Waals surface area contributed by atoms with Gasteiger partial charge in [-0.15, -0.1) is 0 Å². The Kier molecular flexibility index (Phi) is 2.56. The van der Waals surface area contributed by atoms with E-state index in [1.54, 1.807) is 12.1 Å². The molecular weight excluding hydrogens is 217 g/mol. The summed E-state index contributed by atoms with van der Waals surface area (Å²) in [6, 6.07) is 6.09. The Bertz CT molecular complexity index is 502. The molecular formula is C11H7ClFNO. The Labute approximate surface area is 91.0 Å². The van der Waals surface area contributed by atoms with Gasteiger partial charge in [-0.05, 0) is 23.8 Å². The van der Waals surface area contributed by atoms with Gasteiger partial charge in [-0.1, -0.05) is 17.7 Å². The van der Waals surface area contributed by atoms with Gasteiger partial charge >= 0.3 is 0 Å². The van der Waals surface area contributed by atoms with Crippen molar-refractivity contribution in [3.8, 4) is 16.9 Å². The molecule has 0 amide bonds. The summed E-state index contributed by atoms with van der Waals surface area (Å²) < 4.78 is 13.3. The molecule has 1 N–H and O–H groups in total. The van der Waals surface area contributed by atoms with Crippen LogP contribution in [0.1, 0.15) is 0 Å². The van der Waals surface area contributed by atoms with E-state index in [1.807, 2.05) is 0 Å². The predicted molar refractivity (Wildman–Crippen MR) is 56.3 cm³/mol. The second-order valence-electron chi connectivity index (χ2n) is 3.02. The standard InChI is InChI=1S/C11H7ClFNO/c12-9-5-7(1-2-11(9)15)8-3-4-14-6-10(8)13/h1-6,15H. The number of hydrogen-bond acceptors (Lipinski definition) is 2. The first kappa shape index (κ1) is 9.93. The molecule has 1 heterocycles. The van der Waals surface area contributed by atoms with Crippen molar-refractivity contribution in [2.75, 3.05) is 0 Å². The summed E-state index contributed by atoms with van der Waals surface area (Å²) in [7, 11) is 0. The zero-order valence-electron chi connectivity index (χ0n) is 7.61. The summed E-state index contributed by atoms with van der Waals surface area (Å²) in [5.74, 6) is -0.436. The van der Waals surface area contributed by atoms with Crippen LogP contribution >= 0.6 is 11.6 Å². The molecule has 2 nitrogen and oxygen atoms in total. The van der Waals surface area contributed by atoms with E-state index in [1.165, 1.54) is 18.3 Å². The third-order valence-corrected chi connectivity index (χ3v) is 2.33. The van der Waals surface area contributed by atoms with E-state index in [0.717, 1.165) is 6.20 Å². The van der Waals surface area contributed by atoms with Crippen LogP contribution in [-0.4, -0.2) is 10.1 Å². The molecule has 0 aliphatic rings. The van der Waals surface area contributed by atoms with Gasteiger partial charge in [-0.25, -0.2) is 4.39 Å². The Balaban J connectivity index is 2.55. The van der Waals surface area contributed by atoms with Crippen LogP contribution in [0.4, 0.5) is 4.39 Å². The van der Waals surface area contributed by atoms with Crippen LogP contribution in [-0.2, 0) is 0 Å². The molecule has 0 bridgehead atoms. The first-order chi connectivity index (χ1) is 7.18. The van der Waals surface area contributed by atoms with E-state index in [9.17, 15) is 9.50 Å². The van der Waals surface area contributed by atoms with Gasteiger partial charge in [0.1, 0.15) is 11.6 Å². The molecule has 0 saturated heterocycles. The van der Waals surface area contributed by atoms with Crippen LogP contribution in [0.25, 0.3) is 11.1 Å². The molecule has 76 valence electrons. The number of benzene rings is 1. The molecule has 0 fully saturated rings. The van der Waals surface area contributed by atoms with Crippen molar-refractivity contribution in [3.05, 3.63) is 47.5 Å². The van der Waals surface area contributed by atoms with Crippen LogP contribution in [0.2, 0.25) is 5.02 Å².